The molecule has 156 valence electrons. The Labute approximate surface area is 179 Å². The molecule has 1 aliphatic heterocycles. The standard InChI is InChI=1S/C22H23N9/c1-15-7-8-18(12-29(15)13-23)31-22-19(21(24)25-14-26-22)20(28-31)17-9-27-30(11-17)10-16-5-3-2-4-6-16/h2-6,9,11,14-15,18H,7-8,10,12H2,1H3,(H2,24,25,26). The lowest BCUT2D eigenvalue weighted by Gasteiger charge is -2.34. The third-order valence-electron chi connectivity index (χ3n) is 5.94. The van der Waals surface area contributed by atoms with Gasteiger partial charge in [0.2, 0.25) is 0 Å². The van der Waals surface area contributed by atoms with Gasteiger partial charge in [0.1, 0.15) is 17.8 Å². The van der Waals surface area contributed by atoms with Gasteiger partial charge in [0, 0.05) is 17.8 Å². The maximum Gasteiger partial charge on any atom is 0.179 e. The van der Waals surface area contributed by atoms with Crippen LogP contribution in [0.1, 0.15) is 31.4 Å². The molecule has 2 N–H and O–H groups in total. The molecule has 9 nitrogen and oxygen atoms in total. The number of nitrogens with two attached hydrogens (primary N) is 1. The second-order valence-corrected chi connectivity index (χ2v) is 8.00. The van der Waals surface area contributed by atoms with Crippen molar-refractivity contribution in [1.29, 1.82) is 5.26 Å². The van der Waals surface area contributed by atoms with Gasteiger partial charge in [-0.2, -0.15) is 15.5 Å². The SMILES string of the molecule is CC1CCC(n2nc(-c3cnn(Cc4ccccc4)c3)c3c(N)ncnc32)CN1C#N. The zero-order valence-corrected chi connectivity index (χ0v) is 17.3. The Balaban J connectivity index is 1.54. The molecule has 4 heterocycles. The molecular weight excluding hydrogens is 390 g/mol. The van der Waals surface area contributed by atoms with E-state index in [1.165, 1.54) is 11.9 Å². The van der Waals surface area contributed by atoms with Crippen LogP contribution in [0.25, 0.3) is 22.3 Å². The molecule has 31 heavy (non-hydrogen) atoms. The topological polar surface area (TPSA) is 114 Å². The lowest BCUT2D eigenvalue weighted by Crippen LogP contribution is -2.39. The number of anilines is 1. The normalized spacial score (nSPS) is 18.9. The molecule has 3 aromatic heterocycles. The summed E-state index contributed by atoms with van der Waals surface area (Å²) in [5, 5.41) is 19.6. The highest BCUT2D eigenvalue weighted by Crippen LogP contribution is 2.34. The van der Waals surface area contributed by atoms with E-state index in [4.69, 9.17) is 10.8 Å². The summed E-state index contributed by atoms with van der Waals surface area (Å²) in [4.78, 5) is 10.5. The molecule has 0 bridgehead atoms. The van der Waals surface area contributed by atoms with E-state index < -0.39 is 0 Å². The van der Waals surface area contributed by atoms with E-state index >= 15 is 0 Å². The summed E-state index contributed by atoms with van der Waals surface area (Å²) in [5.74, 6) is 0.392. The number of rotatable bonds is 4. The first kappa shape index (κ1) is 19.1. The average Bonchev–Trinajstić information content (AvgIpc) is 3.40. The van der Waals surface area contributed by atoms with Crippen molar-refractivity contribution in [3.63, 3.8) is 0 Å². The van der Waals surface area contributed by atoms with Gasteiger partial charge in [-0.25, -0.2) is 14.6 Å². The first-order valence-electron chi connectivity index (χ1n) is 10.4. The van der Waals surface area contributed by atoms with Crippen molar-refractivity contribution in [2.24, 2.45) is 0 Å². The van der Waals surface area contributed by atoms with Gasteiger partial charge in [-0.1, -0.05) is 30.3 Å². The van der Waals surface area contributed by atoms with E-state index in [0.29, 0.717) is 24.6 Å². The number of nitriles is 1. The first-order valence-corrected chi connectivity index (χ1v) is 10.4. The van der Waals surface area contributed by atoms with Crippen LogP contribution in [-0.4, -0.2) is 47.0 Å². The second kappa shape index (κ2) is 7.72. The zero-order valence-electron chi connectivity index (χ0n) is 17.3. The highest BCUT2D eigenvalue weighted by atomic mass is 15.4. The summed E-state index contributed by atoms with van der Waals surface area (Å²) in [5.41, 5.74) is 9.69. The van der Waals surface area contributed by atoms with E-state index in [2.05, 4.69) is 40.3 Å². The molecule has 0 amide bonds. The number of nitrogens with zero attached hydrogens (tertiary/aromatic N) is 8. The van der Waals surface area contributed by atoms with Crippen LogP contribution in [0.4, 0.5) is 5.82 Å². The molecular formula is C22H23N9. The fourth-order valence-electron chi connectivity index (χ4n) is 4.22. The molecule has 1 aromatic carbocycles. The van der Waals surface area contributed by atoms with Crippen LogP contribution in [0.2, 0.25) is 0 Å². The summed E-state index contributed by atoms with van der Waals surface area (Å²) < 4.78 is 3.79. The number of likely N-dealkylation sites (tertiary alicyclic amines) is 1. The van der Waals surface area contributed by atoms with Crippen LogP contribution in [0.5, 0.6) is 0 Å². The molecule has 1 fully saturated rings. The molecule has 2 atom stereocenters. The zero-order chi connectivity index (χ0) is 21.4. The molecule has 0 saturated carbocycles. The van der Waals surface area contributed by atoms with Gasteiger partial charge in [-0.15, -0.1) is 0 Å². The van der Waals surface area contributed by atoms with E-state index in [1.807, 2.05) is 38.7 Å². The van der Waals surface area contributed by atoms with Gasteiger partial charge in [0.05, 0.1) is 30.7 Å². The third-order valence-corrected chi connectivity index (χ3v) is 5.94. The molecule has 0 aliphatic carbocycles. The summed E-state index contributed by atoms with van der Waals surface area (Å²) >= 11 is 0. The summed E-state index contributed by atoms with van der Waals surface area (Å²) in [6, 6.07) is 10.5. The van der Waals surface area contributed by atoms with Crippen molar-refractivity contribution in [2.45, 2.75) is 38.4 Å². The van der Waals surface area contributed by atoms with Crippen molar-refractivity contribution in [1.82, 2.24) is 34.4 Å². The van der Waals surface area contributed by atoms with Crippen LogP contribution < -0.4 is 5.73 Å². The quantitative estimate of drug-likeness (QED) is 0.512. The van der Waals surface area contributed by atoms with Crippen molar-refractivity contribution in [2.75, 3.05) is 12.3 Å². The predicted molar refractivity (Wildman–Crippen MR) is 117 cm³/mol. The minimum absolute atomic E-state index is 0.0424. The molecule has 0 radical (unpaired) electrons. The van der Waals surface area contributed by atoms with Crippen LogP contribution in [0, 0.1) is 11.5 Å². The van der Waals surface area contributed by atoms with Crippen molar-refractivity contribution in [3.05, 3.63) is 54.6 Å². The number of fused-ring (bicyclic) bond motifs is 1. The minimum Gasteiger partial charge on any atom is -0.383 e. The smallest absolute Gasteiger partial charge is 0.179 e. The van der Waals surface area contributed by atoms with Crippen molar-refractivity contribution in [3.8, 4) is 17.5 Å². The Hall–Kier alpha value is -3.93. The monoisotopic (exact) mass is 413 g/mol. The van der Waals surface area contributed by atoms with E-state index in [0.717, 1.165) is 29.5 Å². The number of aromatic nitrogens is 6. The molecule has 1 saturated heterocycles. The number of benzene rings is 1. The number of hydrogen-bond acceptors (Lipinski definition) is 7. The lowest BCUT2D eigenvalue weighted by atomic mass is 10.0. The van der Waals surface area contributed by atoms with Gasteiger partial charge in [-0.3, -0.25) is 4.68 Å². The number of piperidine rings is 1. The Morgan fingerprint density at radius 3 is 2.84 bits per heavy atom. The fraction of sp³-hybridized carbons (Fsp3) is 0.318. The van der Waals surface area contributed by atoms with Gasteiger partial charge in [-0.05, 0) is 25.3 Å². The largest absolute Gasteiger partial charge is 0.383 e. The summed E-state index contributed by atoms with van der Waals surface area (Å²) in [7, 11) is 0. The summed E-state index contributed by atoms with van der Waals surface area (Å²) in [6.07, 6.45) is 9.37. The Morgan fingerprint density at radius 2 is 2.03 bits per heavy atom. The highest BCUT2D eigenvalue weighted by Gasteiger charge is 2.29. The number of nitrogen functional groups attached to an aromatic ring is 1. The fourth-order valence-corrected chi connectivity index (χ4v) is 4.22. The predicted octanol–water partition coefficient (Wildman–Crippen LogP) is 2.83. The molecule has 2 unspecified atom stereocenters. The van der Waals surface area contributed by atoms with Crippen LogP contribution >= 0.6 is 0 Å². The number of hydrogen-bond donors (Lipinski definition) is 1. The van der Waals surface area contributed by atoms with E-state index in [9.17, 15) is 5.26 Å². The van der Waals surface area contributed by atoms with Crippen LogP contribution in [-0.2, 0) is 6.54 Å². The van der Waals surface area contributed by atoms with E-state index in [-0.39, 0.29) is 12.1 Å². The van der Waals surface area contributed by atoms with Gasteiger partial charge < -0.3 is 10.6 Å². The Morgan fingerprint density at radius 1 is 1.19 bits per heavy atom. The maximum absolute atomic E-state index is 9.48. The van der Waals surface area contributed by atoms with E-state index in [1.54, 1.807) is 6.20 Å². The van der Waals surface area contributed by atoms with Crippen molar-refractivity contribution < 1.29 is 0 Å². The third kappa shape index (κ3) is 3.46. The summed E-state index contributed by atoms with van der Waals surface area (Å²) in [6.45, 7) is 3.35. The first-order chi connectivity index (χ1) is 15.1. The molecule has 9 heteroatoms. The second-order valence-electron chi connectivity index (χ2n) is 8.00. The Kier molecular flexibility index (Phi) is 4.75. The minimum atomic E-state index is 0.0424. The molecule has 1 aliphatic rings. The average molecular weight is 413 g/mol. The van der Waals surface area contributed by atoms with Crippen LogP contribution in [0.3, 0.4) is 0 Å². The van der Waals surface area contributed by atoms with Gasteiger partial charge >= 0.3 is 0 Å². The molecule has 5 rings (SSSR count). The molecule has 0 spiro atoms. The highest BCUT2D eigenvalue weighted by molar-refractivity contribution is 5.98. The lowest BCUT2D eigenvalue weighted by molar-refractivity contribution is 0.179. The van der Waals surface area contributed by atoms with Gasteiger partial charge in [0.25, 0.3) is 0 Å². The van der Waals surface area contributed by atoms with Crippen molar-refractivity contribution >= 4 is 16.9 Å². The van der Waals surface area contributed by atoms with Crippen LogP contribution in [0.15, 0.2) is 49.1 Å². The maximum atomic E-state index is 9.48. The molecule has 4 aromatic rings. The Bertz CT molecular complexity index is 1250. The van der Waals surface area contributed by atoms with Gasteiger partial charge in [0.15, 0.2) is 11.8 Å².